The molecule has 0 aromatic carbocycles. The van der Waals surface area contributed by atoms with Gasteiger partial charge in [-0.25, -0.2) is 4.79 Å². The summed E-state index contributed by atoms with van der Waals surface area (Å²) in [5.74, 6) is 0. The molecule has 4 heteroatoms. The van der Waals surface area contributed by atoms with Gasteiger partial charge in [-0.3, -0.25) is 4.90 Å². The lowest BCUT2D eigenvalue weighted by atomic mass is 10.1. The zero-order valence-electron chi connectivity index (χ0n) is 7.18. The maximum atomic E-state index is 10.9. The molecule has 1 aromatic rings. The van der Waals surface area contributed by atoms with E-state index in [0.29, 0.717) is 0 Å². The highest BCUT2D eigenvalue weighted by atomic mass is 16.1. The van der Waals surface area contributed by atoms with Gasteiger partial charge in [-0.15, -0.1) is 0 Å². The number of aromatic nitrogens is 2. The summed E-state index contributed by atoms with van der Waals surface area (Å²) in [5, 5.41) is 0. The number of aromatic amines is 2. The van der Waals surface area contributed by atoms with Gasteiger partial charge in [0, 0.05) is 25.2 Å². The van der Waals surface area contributed by atoms with E-state index in [1.807, 2.05) is 0 Å². The van der Waals surface area contributed by atoms with Gasteiger partial charge in [0.1, 0.15) is 0 Å². The van der Waals surface area contributed by atoms with E-state index < -0.39 is 0 Å². The van der Waals surface area contributed by atoms with Crippen LogP contribution >= 0.6 is 0 Å². The quantitative estimate of drug-likeness (QED) is 0.622. The average molecular weight is 167 g/mol. The third-order valence-corrected chi connectivity index (χ3v) is 2.40. The Balaban J connectivity index is 2.28. The van der Waals surface area contributed by atoms with Gasteiger partial charge in [0.05, 0.1) is 5.69 Å². The lowest BCUT2D eigenvalue weighted by Crippen LogP contribution is -2.30. The number of rotatable bonds is 1. The van der Waals surface area contributed by atoms with Crippen molar-refractivity contribution < 1.29 is 0 Å². The minimum absolute atomic E-state index is 0.0713. The number of nitrogens with one attached hydrogen (secondary N) is 2. The monoisotopic (exact) mass is 167 g/mol. The molecule has 0 fully saturated rings. The van der Waals surface area contributed by atoms with Crippen molar-refractivity contribution in [3.05, 3.63) is 21.9 Å². The molecule has 0 bridgehead atoms. The Labute approximate surface area is 70.6 Å². The summed E-state index contributed by atoms with van der Waals surface area (Å²) < 4.78 is 0. The first-order chi connectivity index (χ1) is 5.79. The van der Waals surface area contributed by atoms with Crippen molar-refractivity contribution in [1.29, 1.82) is 0 Å². The molecule has 66 valence electrons. The van der Waals surface area contributed by atoms with E-state index in [-0.39, 0.29) is 5.69 Å². The van der Waals surface area contributed by atoms with Crippen LogP contribution in [0.15, 0.2) is 4.79 Å². The topological polar surface area (TPSA) is 51.9 Å². The van der Waals surface area contributed by atoms with Crippen molar-refractivity contribution in [2.45, 2.75) is 19.9 Å². The fraction of sp³-hybridized carbons (Fsp3) is 0.625. The third kappa shape index (κ3) is 1.18. The second-order valence-electron chi connectivity index (χ2n) is 3.15. The first-order valence-electron chi connectivity index (χ1n) is 4.32. The molecule has 2 N–H and O–H groups in total. The van der Waals surface area contributed by atoms with Gasteiger partial charge >= 0.3 is 5.69 Å². The van der Waals surface area contributed by atoms with Gasteiger partial charge in [0.15, 0.2) is 0 Å². The van der Waals surface area contributed by atoms with Crippen LogP contribution in [0.2, 0.25) is 0 Å². The number of likely N-dealkylation sites (N-methyl/N-ethyl adjacent to an activating group) is 1. The summed E-state index contributed by atoms with van der Waals surface area (Å²) in [7, 11) is 0. The van der Waals surface area contributed by atoms with Gasteiger partial charge in [-0.1, -0.05) is 6.92 Å². The number of hydrogen-bond donors (Lipinski definition) is 2. The molecule has 0 aliphatic carbocycles. The maximum absolute atomic E-state index is 10.9. The molecule has 0 unspecified atom stereocenters. The lowest BCUT2D eigenvalue weighted by Gasteiger charge is -2.24. The van der Waals surface area contributed by atoms with Crippen molar-refractivity contribution >= 4 is 0 Å². The van der Waals surface area contributed by atoms with Crippen LogP contribution in [0.5, 0.6) is 0 Å². The molecule has 0 saturated carbocycles. The molecule has 4 nitrogen and oxygen atoms in total. The van der Waals surface area contributed by atoms with Crippen molar-refractivity contribution in [3.63, 3.8) is 0 Å². The maximum Gasteiger partial charge on any atom is 0.323 e. The van der Waals surface area contributed by atoms with E-state index in [0.717, 1.165) is 37.4 Å². The lowest BCUT2D eigenvalue weighted by molar-refractivity contribution is 0.263. The zero-order chi connectivity index (χ0) is 8.55. The Morgan fingerprint density at radius 3 is 2.92 bits per heavy atom. The van der Waals surface area contributed by atoms with Crippen molar-refractivity contribution in [2.24, 2.45) is 0 Å². The predicted molar refractivity (Wildman–Crippen MR) is 46.1 cm³/mol. The SMILES string of the molecule is CCN1CCc2[nH]c(=O)[nH]c2C1. The first kappa shape index (κ1) is 7.61. The Hall–Kier alpha value is -1.03. The molecular weight excluding hydrogens is 154 g/mol. The van der Waals surface area contributed by atoms with Gasteiger partial charge in [0.25, 0.3) is 0 Å². The predicted octanol–water partition coefficient (Wildman–Crippen LogP) is 0.0810. The molecule has 2 heterocycles. The molecule has 0 saturated heterocycles. The third-order valence-electron chi connectivity index (χ3n) is 2.40. The van der Waals surface area contributed by atoms with E-state index in [9.17, 15) is 4.79 Å². The van der Waals surface area contributed by atoms with Gasteiger partial charge < -0.3 is 9.97 Å². The summed E-state index contributed by atoms with van der Waals surface area (Å²) in [6.45, 7) is 5.12. The fourth-order valence-electron chi connectivity index (χ4n) is 1.65. The minimum Gasteiger partial charge on any atom is -0.310 e. The van der Waals surface area contributed by atoms with E-state index in [1.165, 1.54) is 0 Å². The largest absolute Gasteiger partial charge is 0.323 e. The number of H-pyrrole nitrogens is 2. The number of fused-ring (bicyclic) bond motifs is 1. The average Bonchev–Trinajstić information content (AvgIpc) is 2.43. The number of imidazole rings is 1. The molecule has 12 heavy (non-hydrogen) atoms. The molecule has 0 atom stereocenters. The van der Waals surface area contributed by atoms with Gasteiger partial charge in [-0.05, 0) is 6.54 Å². The van der Waals surface area contributed by atoms with Crippen molar-refractivity contribution in [3.8, 4) is 0 Å². The standard InChI is InChI=1S/C8H13N3O/c1-2-11-4-3-6-7(5-11)10-8(12)9-6/h2-5H2,1H3,(H2,9,10,12). The van der Waals surface area contributed by atoms with Crippen LogP contribution < -0.4 is 5.69 Å². The molecule has 2 rings (SSSR count). The number of hydrogen-bond acceptors (Lipinski definition) is 2. The normalized spacial score (nSPS) is 17.8. The minimum atomic E-state index is -0.0713. The van der Waals surface area contributed by atoms with Gasteiger partial charge in [-0.2, -0.15) is 0 Å². The summed E-state index contributed by atoms with van der Waals surface area (Å²) in [4.78, 5) is 18.8. The molecule has 0 amide bonds. The molecule has 1 aromatic heterocycles. The number of nitrogens with zero attached hydrogens (tertiary/aromatic N) is 1. The second kappa shape index (κ2) is 2.79. The summed E-state index contributed by atoms with van der Waals surface area (Å²) in [5.41, 5.74) is 2.08. The fourth-order valence-corrected chi connectivity index (χ4v) is 1.65. The summed E-state index contributed by atoms with van der Waals surface area (Å²) in [6.07, 6.45) is 0.960. The summed E-state index contributed by atoms with van der Waals surface area (Å²) in [6, 6.07) is 0. The van der Waals surface area contributed by atoms with E-state index in [2.05, 4.69) is 21.8 Å². The summed E-state index contributed by atoms with van der Waals surface area (Å²) >= 11 is 0. The zero-order valence-corrected chi connectivity index (χ0v) is 7.18. The van der Waals surface area contributed by atoms with Crippen molar-refractivity contribution in [1.82, 2.24) is 14.9 Å². The van der Waals surface area contributed by atoms with Crippen LogP contribution in [-0.4, -0.2) is 28.0 Å². The van der Waals surface area contributed by atoms with Gasteiger partial charge in [0.2, 0.25) is 0 Å². The van der Waals surface area contributed by atoms with Crippen LogP contribution in [-0.2, 0) is 13.0 Å². The van der Waals surface area contributed by atoms with Crippen LogP contribution in [0.25, 0.3) is 0 Å². The molecular formula is C8H13N3O. The van der Waals surface area contributed by atoms with Crippen LogP contribution in [0.4, 0.5) is 0 Å². The van der Waals surface area contributed by atoms with E-state index >= 15 is 0 Å². The first-order valence-corrected chi connectivity index (χ1v) is 4.32. The Morgan fingerprint density at radius 1 is 1.42 bits per heavy atom. The van der Waals surface area contributed by atoms with Crippen LogP contribution in [0, 0.1) is 0 Å². The molecule has 1 aliphatic heterocycles. The Kier molecular flexibility index (Phi) is 1.77. The highest BCUT2D eigenvalue weighted by Gasteiger charge is 2.16. The van der Waals surface area contributed by atoms with Crippen LogP contribution in [0.1, 0.15) is 18.3 Å². The highest BCUT2D eigenvalue weighted by Crippen LogP contribution is 2.12. The smallest absolute Gasteiger partial charge is 0.310 e. The van der Waals surface area contributed by atoms with Crippen molar-refractivity contribution in [2.75, 3.05) is 13.1 Å². The van der Waals surface area contributed by atoms with Crippen LogP contribution in [0.3, 0.4) is 0 Å². The molecule has 0 radical (unpaired) electrons. The molecule has 0 spiro atoms. The van der Waals surface area contributed by atoms with E-state index in [1.54, 1.807) is 0 Å². The molecule has 1 aliphatic rings. The van der Waals surface area contributed by atoms with E-state index in [4.69, 9.17) is 0 Å². The Morgan fingerprint density at radius 2 is 2.17 bits per heavy atom. The second-order valence-corrected chi connectivity index (χ2v) is 3.15. The Bertz CT molecular complexity index is 325. The highest BCUT2D eigenvalue weighted by molar-refractivity contribution is 5.14.